The van der Waals surface area contributed by atoms with Crippen LogP contribution in [0, 0.1) is 12.8 Å². The maximum Gasteiger partial charge on any atom is 0.126 e. The molecule has 1 nitrogen and oxygen atoms in total. The highest BCUT2D eigenvalue weighted by atomic mass is 16.1. The predicted octanol–water partition coefficient (Wildman–Crippen LogP) is 5.84. The average molecular weight is 266 g/mol. The Morgan fingerprint density at radius 1 is 1.11 bits per heavy atom. The molecule has 0 atom stereocenters. The third-order valence-corrected chi connectivity index (χ3v) is 2.25. The van der Waals surface area contributed by atoms with Gasteiger partial charge in [-0.05, 0) is 50.7 Å². The predicted molar refractivity (Wildman–Crippen MR) is 88.8 cm³/mol. The van der Waals surface area contributed by atoms with E-state index in [1.54, 1.807) is 0 Å². The van der Waals surface area contributed by atoms with Crippen LogP contribution in [0.1, 0.15) is 66.5 Å². The minimum Gasteiger partial charge on any atom is -0.300 e. The van der Waals surface area contributed by atoms with Gasteiger partial charge in [0, 0.05) is 0 Å². The van der Waals surface area contributed by atoms with E-state index in [-0.39, 0.29) is 13.2 Å². The number of carbonyl (C=O) groups excluding carboxylic acids is 1. The van der Waals surface area contributed by atoms with Crippen molar-refractivity contribution in [3.63, 3.8) is 0 Å². The Morgan fingerprint density at radius 2 is 1.53 bits per heavy atom. The summed E-state index contributed by atoms with van der Waals surface area (Å²) in [5.41, 5.74) is 2.93. The van der Waals surface area contributed by atoms with Crippen molar-refractivity contribution in [1.29, 1.82) is 0 Å². The van der Waals surface area contributed by atoms with E-state index in [9.17, 15) is 4.79 Å². The standard InChI is InChI=1S/C12H18.C3H6O.C2H6.CH4/c1-10(2)8-9-12-7-5-4-6-11(12)3;1-3(2)4;1-2;/h4-7,10H,8-9H2,1-3H3;1-2H3;1-2H3;1H4. The zero-order chi connectivity index (χ0) is 14.6. The van der Waals surface area contributed by atoms with Crippen LogP contribution in [0.3, 0.4) is 0 Å². The summed E-state index contributed by atoms with van der Waals surface area (Å²) in [4.78, 5) is 9.44. The summed E-state index contributed by atoms with van der Waals surface area (Å²) >= 11 is 0. The molecule has 0 aliphatic carbocycles. The topological polar surface area (TPSA) is 17.1 Å². The second-order valence-corrected chi connectivity index (χ2v) is 4.77. The molecule has 112 valence electrons. The van der Waals surface area contributed by atoms with Crippen molar-refractivity contribution in [2.75, 3.05) is 0 Å². The molecule has 0 heterocycles. The first-order valence-corrected chi connectivity index (χ1v) is 6.95. The molecule has 0 saturated heterocycles. The molecular formula is C18H34O. The van der Waals surface area contributed by atoms with Crippen molar-refractivity contribution in [1.82, 2.24) is 0 Å². The van der Waals surface area contributed by atoms with Gasteiger partial charge < -0.3 is 4.79 Å². The van der Waals surface area contributed by atoms with Crippen molar-refractivity contribution in [2.24, 2.45) is 5.92 Å². The van der Waals surface area contributed by atoms with Crippen LogP contribution in [0.25, 0.3) is 0 Å². The van der Waals surface area contributed by atoms with Crippen LogP contribution in [-0.4, -0.2) is 5.78 Å². The zero-order valence-corrected chi connectivity index (χ0v) is 13.2. The maximum atomic E-state index is 9.44. The Balaban J connectivity index is -0.000000316. The lowest BCUT2D eigenvalue weighted by atomic mass is 9.99. The summed E-state index contributed by atoms with van der Waals surface area (Å²) in [7, 11) is 0. The fourth-order valence-corrected chi connectivity index (χ4v) is 1.33. The molecule has 0 aliphatic heterocycles. The largest absolute Gasteiger partial charge is 0.300 e. The first kappa shape index (κ1) is 23.0. The molecule has 1 rings (SSSR count). The Bertz CT molecular complexity index is 309. The molecule has 0 aliphatic rings. The molecule has 1 aromatic rings. The van der Waals surface area contributed by atoms with Gasteiger partial charge in [0.15, 0.2) is 0 Å². The van der Waals surface area contributed by atoms with Gasteiger partial charge in [0.25, 0.3) is 0 Å². The zero-order valence-electron chi connectivity index (χ0n) is 13.2. The fraction of sp³-hybridized carbons (Fsp3) is 0.611. The SMILES string of the molecule is C.CC.CC(C)=O.Cc1ccccc1CCC(C)C. The van der Waals surface area contributed by atoms with Gasteiger partial charge in [-0.25, -0.2) is 0 Å². The molecular weight excluding hydrogens is 232 g/mol. The molecule has 0 fully saturated rings. The summed E-state index contributed by atoms with van der Waals surface area (Å²) in [6.07, 6.45) is 2.52. The number of aryl methyl sites for hydroxylation is 2. The number of hydrogen-bond donors (Lipinski definition) is 0. The minimum atomic E-state index is 0. The van der Waals surface area contributed by atoms with E-state index in [4.69, 9.17) is 0 Å². The number of rotatable bonds is 3. The van der Waals surface area contributed by atoms with Gasteiger partial charge in [0.1, 0.15) is 5.78 Å². The van der Waals surface area contributed by atoms with Crippen LogP contribution in [0.4, 0.5) is 0 Å². The normalized spacial score (nSPS) is 8.42. The second kappa shape index (κ2) is 14.9. The van der Waals surface area contributed by atoms with Gasteiger partial charge in [-0.1, -0.05) is 59.4 Å². The van der Waals surface area contributed by atoms with Crippen LogP contribution in [0.5, 0.6) is 0 Å². The fourth-order valence-electron chi connectivity index (χ4n) is 1.33. The third-order valence-electron chi connectivity index (χ3n) is 2.25. The summed E-state index contributed by atoms with van der Waals surface area (Å²) in [6, 6.07) is 8.66. The van der Waals surface area contributed by atoms with Crippen LogP contribution in [0.2, 0.25) is 0 Å². The Labute approximate surface area is 121 Å². The smallest absolute Gasteiger partial charge is 0.126 e. The second-order valence-electron chi connectivity index (χ2n) is 4.77. The minimum absolute atomic E-state index is 0. The molecule has 0 unspecified atom stereocenters. The van der Waals surface area contributed by atoms with Crippen LogP contribution < -0.4 is 0 Å². The first-order valence-electron chi connectivity index (χ1n) is 6.95. The van der Waals surface area contributed by atoms with Gasteiger partial charge in [-0.2, -0.15) is 0 Å². The van der Waals surface area contributed by atoms with Gasteiger partial charge in [0.2, 0.25) is 0 Å². The molecule has 0 radical (unpaired) electrons. The maximum absolute atomic E-state index is 9.44. The molecule has 0 aromatic heterocycles. The van der Waals surface area contributed by atoms with E-state index in [1.165, 1.54) is 37.8 Å². The van der Waals surface area contributed by atoms with Crippen molar-refractivity contribution in [2.45, 2.75) is 68.7 Å². The highest BCUT2D eigenvalue weighted by molar-refractivity contribution is 5.72. The molecule has 19 heavy (non-hydrogen) atoms. The van der Waals surface area contributed by atoms with Crippen LogP contribution in [-0.2, 0) is 11.2 Å². The summed E-state index contributed by atoms with van der Waals surface area (Å²) < 4.78 is 0. The van der Waals surface area contributed by atoms with Crippen molar-refractivity contribution < 1.29 is 4.79 Å². The van der Waals surface area contributed by atoms with Gasteiger partial charge in [0.05, 0.1) is 0 Å². The summed E-state index contributed by atoms with van der Waals surface area (Å²) in [5.74, 6) is 0.976. The van der Waals surface area contributed by atoms with Crippen LogP contribution >= 0.6 is 0 Å². The van der Waals surface area contributed by atoms with Crippen molar-refractivity contribution in [3.8, 4) is 0 Å². The summed E-state index contributed by atoms with van der Waals surface area (Å²) in [6.45, 7) is 13.8. The first-order chi connectivity index (χ1) is 8.43. The lowest BCUT2D eigenvalue weighted by Gasteiger charge is -2.06. The van der Waals surface area contributed by atoms with Gasteiger partial charge in [-0.15, -0.1) is 0 Å². The number of ketones is 1. The number of hydrogen-bond acceptors (Lipinski definition) is 1. The van der Waals surface area contributed by atoms with Crippen molar-refractivity contribution in [3.05, 3.63) is 35.4 Å². The Hall–Kier alpha value is -1.11. The quantitative estimate of drug-likeness (QED) is 0.671. The van der Waals surface area contributed by atoms with Crippen molar-refractivity contribution >= 4 is 5.78 Å². The van der Waals surface area contributed by atoms with E-state index < -0.39 is 0 Å². The Kier molecular flexibility index (Phi) is 18.1. The van der Waals surface area contributed by atoms with E-state index in [0.29, 0.717) is 0 Å². The van der Waals surface area contributed by atoms with E-state index >= 15 is 0 Å². The van der Waals surface area contributed by atoms with Gasteiger partial charge >= 0.3 is 0 Å². The lowest BCUT2D eigenvalue weighted by molar-refractivity contribution is -0.114. The number of Topliss-reactive ketones (excluding diaryl/α,β-unsaturated/α-hetero) is 1. The summed E-state index contributed by atoms with van der Waals surface area (Å²) in [5, 5.41) is 0. The highest BCUT2D eigenvalue weighted by Crippen LogP contribution is 2.12. The molecule has 0 bridgehead atoms. The molecule has 0 spiro atoms. The molecule has 0 N–H and O–H groups in total. The Morgan fingerprint density at radius 3 is 1.89 bits per heavy atom. The monoisotopic (exact) mass is 266 g/mol. The highest BCUT2D eigenvalue weighted by Gasteiger charge is 1.98. The molecule has 0 amide bonds. The molecule has 0 saturated carbocycles. The lowest BCUT2D eigenvalue weighted by Crippen LogP contribution is -1.93. The van der Waals surface area contributed by atoms with E-state index in [1.807, 2.05) is 13.8 Å². The average Bonchev–Trinajstić information content (AvgIpc) is 2.30. The van der Waals surface area contributed by atoms with E-state index in [2.05, 4.69) is 45.0 Å². The molecule has 1 aromatic carbocycles. The van der Waals surface area contributed by atoms with Gasteiger partial charge in [-0.3, -0.25) is 0 Å². The third kappa shape index (κ3) is 16.9. The van der Waals surface area contributed by atoms with Crippen LogP contribution in [0.15, 0.2) is 24.3 Å². The number of carbonyl (C=O) groups is 1. The molecule has 1 heteroatoms. The number of benzene rings is 1. The van der Waals surface area contributed by atoms with E-state index in [0.717, 1.165) is 5.92 Å².